The Morgan fingerprint density at radius 2 is 2.21 bits per heavy atom. The number of anilines is 1. The molecule has 1 atom stereocenters. The lowest BCUT2D eigenvalue weighted by Gasteiger charge is -2.33. The molecule has 0 radical (unpaired) electrons. The fraction of sp³-hybridized carbons (Fsp3) is 0.312. The molecule has 0 saturated carbocycles. The van der Waals surface area contributed by atoms with Crippen LogP contribution in [0, 0.1) is 0 Å². The monoisotopic (exact) mass is 320 g/mol. The van der Waals surface area contributed by atoms with Crippen LogP contribution in [0.25, 0.3) is 16.7 Å². The third kappa shape index (κ3) is 2.03. The van der Waals surface area contributed by atoms with Crippen LogP contribution in [0.15, 0.2) is 36.9 Å². The second kappa shape index (κ2) is 5.26. The molecule has 0 amide bonds. The number of piperidine rings is 1. The number of aromatic amines is 1. The third-order valence-electron chi connectivity index (χ3n) is 4.74. The number of rotatable bonds is 2. The number of pyridine rings is 1. The normalized spacial score (nSPS) is 18.5. The lowest BCUT2D eigenvalue weighted by atomic mass is 9.91. The van der Waals surface area contributed by atoms with E-state index in [-0.39, 0.29) is 0 Å². The van der Waals surface area contributed by atoms with Gasteiger partial charge in [0, 0.05) is 43.0 Å². The molecule has 0 unspecified atom stereocenters. The standard InChI is InChI=1S/C16H16N8/c1-4-12-13(9-19-14(12)17-5-1)11-3-2-7-23(10-11)15-16-20-21-22-24(16)8-6-18-15/h1,4-6,8-9,11H,2-3,7,10H2,(H,17,19)/t11-/m1/s1. The number of hydrogen-bond donors (Lipinski definition) is 1. The minimum Gasteiger partial charge on any atom is -0.353 e. The van der Waals surface area contributed by atoms with Gasteiger partial charge in [0.05, 0.1) is 6.20 Å². The molecule has 5 heterocycles. The van der Waals surface area contributed by atoms with E-state index >= 15 is 0 Å². The summed E-state index contributed by atoms with van der Waals surface area (Å²) in [5.74, 6) is 1.29. The van der Waals surface area contributed by atoms with Gasteiger partial charge < -0.3 is 9.88 Å². The molecule has 8 nitrogen and oxygen atoms in total. The first-order chi connectivity index (χ1) is 11.9. The highest BCUT2D eigenvalue weighted by Crippen LogP contribution is 2.33. The molecule has 24 heavy (non-hydrogen) atoms. The van der Waals surface area contributed by atoms with Crippen LogP contribution in [0.2, 0.25) is 0 Å². The van der Waals surface area contributed by atoms with Gasteiger partial charge in [-0.15, -0.1) is 5.10 Å². The highest BCUT2D eigenvalue weighted by molar-refractivity contribution is 5.80. The van der Waals surface area contributed by atoms with E-state index in [4.69, 9.17) is 0 Å². The van der Waals surface area contributed by atoms with Crippen LogP contribution in [0.4, 0.5) is 5.82 Å². The zero-order valence-corrected chi connectivity index (χ0v) is 13.0. The Morgan fingerprint density at radius 3 is 3.21 bits per heavy atom. The Bertz CT molecular complexity index is 1000. The number of hydrogen-bond acceptors (Lipinski definition) is 6. The van der Waals surface area contributed by atoms with E-state index in [1.54, 1.807) is 16.9 Å². The fourth-order valence-electron chi connectivity index (χ4n) is 3.63. The average molecular weight is 320 g/mol. The van der Waals surface area contributed by atoms with Crippen molar-refractivity contribution in [2.75, 3.05) is 18.0 Å². The molecule has 1 fully saturated rings. The molecule has 0 aromatic carbocycles. The first-order valence-electron chi connectivity index (χ1n) is 8.10. The van der Waals surface area contributed by atoms with Crippen LogP contribution < -0.4 is 4.90 Å². The maximum Gasteiger partial charge on any atom is 0.221 e. The number of H-pyrrole nitrogens is 1. The van der Waals surface area contributed by atoms with E-state index in [0.29, 0.717) is 11.6 Å². The van der Waals surface area contributed by atoms with Gasteiger partial charge in [-0.1, -0.05) is 0 Å². The van der Waals surface area contributed by atoms with Gasteiger partial charge in [-0.05, 0) is 41.0 Å². The first-order valence-corrected chi connectivity index (χ1v) is 8.10. The molecule has 1 saturated heterocycles. The summed E-state index contributed by atoms with van der Waals surface area (Å²) < 4.78 is 1.67. The van der Waals surface area contributed by atoms with Gasteiger partial charge in [0.15, 0.2) is 5.82 Å². The zero-order chi connectivity index (χ0) is 15.9. The summed E-state index contributed by atoms with van der Waals surface area (Å²) in [7, 11) is 0. The smallest absolute Gasteiger partial charge is 0.221 e. The Labute approximate surface area is 137 Å². The van der Waals surface area contributed by atoms with Crippen molar-refractivity contribution in [3.63, 3.8) is 0 Å². The van der Waals surface area contributed by atoms with Crippen molar-refractivity contribution in [3.05, 3.63) is 42.5 Å². The van der Waals surface area contributed by atoms with Crippen LogP contribution in [-0.2, 0) is 0 Å². The van der Waals surface area contributed by atoms with Crippen LogP contribution >= 0.6 is 0 Å². The molecular formula is C16H16N8. The summed E-state index contributed by atoms with van der Waals surface area (Å²) in [5, 5.41) is 13.0. The fourth-order valence-corrected chi connectivity index (χ4v) is 3.63. The van der Waals surface area contributed by atoms with E-state index in [0.717, 1.165) is 37.4 Å². The Hall–Kier alpha value is -3.03. The first kappa shape index (κ1) is 13.4. The summed E-state index contributed by atoms with van der Waals surface area (Å²) in [4.78, 5) is 14.5. The summed E-state index contributed by atoms with van der Waals surface area (Å²) in [6.07, 6.45) is 9.70. The van der Waals surface area contributed by atoms with Crippen LogP contribution in [0.1, 0.15) is 24.3 Å². The summed E-state index contributed by atoms with van der Waals surface area (Å²) in [6.45, 7) is 1.87. The molecule has 4 aromatic rings. The second-order valence-electron chi connectivity index (χ2n) is 6.13. The lowest BCUT2D eigenvalue weighted by Crippen LogP contribution is -2.35. The van der Waals surface area contributed by atoms with E-state index in [1.807, 2.05) is 12.3 Å². The Balaban J connectivity index is 1.51. The van der Waals surface area contributed by atoms with Crippen molar-refractivity contribution < 1.29 is 0 Å². The molecule has 120 valence electrons. The molecule has 0 spiro atoms. The van der Waals surface area contributed by atoms with E-state index in [2.05, 4.69) is 47.6 Å². The van der Waals surface area contributed by atoms with Gasteiger partial charge in [0.25, 0.3) is 0 Å². The molecule has 8 heteroatoms. The molecule has 0 bridgehead atoms. The SMILES string of the molecule is c1cnc2[nH]cc([C@@H]3CCCN(c4nccn5nnnc45)C3)c2c1. The van der Waals surface area contributed by atoms with Crippen LogP contribution in [0.3, 0.4) is 0 Å². The van der Waals surface area contributed by atoms with Crippen molar-refractivity contribution in [3.8, 4) is 0 Å². The minimum absolute atomic E-state index is 0.439. The maximum absolute atomic E-state index is 4.52. The average Bonchev–Trinajstić information content (AvgIpc) is 3.28. The number of nitrogens with one attached hydrogen (secondary N) is 1. The Morgan fingerprint density at radius 1 is 1.21 bits per heavy atom. The highest BCUT2D eigenvalue weighted by atomic mass is 15.5. The molecule has 1 aliphatic rings. The maximum atomic E-state index is 4.52. The number of fused-ring (bicyclic) bond motifs is 2. The van der Waals surface area contributed by atoms with E-state index in [9.17, 15) is 0 Å². The van der Waals surface area contributed by atoms with Crippen molar-refractivity contribution in [2.45, 2.75) is 18.8 Å². The molecule has 5 rings (SSSR count). The number of nitrogens with zero attached hydrogens (tertiary/aromatic N) is 7. The topological polar surface area (TPSA) is 87.9 Å². The molecule has 0 aliphatic carbocycles. The molecule has 4 aromatic heterocycles. The minimum atomic E-state index is 0.439. The van der Waals surface area contributed by atoms with Gasteiger partial charge >= 0.3 is 0 Å². The van der Waals surface area contributed by atoms with Gasteiger partial charge in [0.2, 0.25) is 5.65 Å². The van der Waals surface area contributed by atoms with Crippen LogP contribution in [-0.4, -0.2) is 48.1 Å². The number of aromatic nitrogens is 7. The van der Waals surface area contributed by atoms with Crippen molar-refractivity contribution in [1.29, 1.82) is 0 Å². The largest absolute Gasteiger partial charge is 0.353 e. The predicted molar refractivity (Wildman–Crippen MR) is 88.9 cm³/mol. The Kier molecular flexibility index (Phi) is 2.94. The van der Waals surface area contributed by atoms with E-state index < -0.39 is 0 Å². The lowest BCUT2D eigenvalue weighted by molar-refractivity contribution is 0.509. The van der Waals surface area contributed by atoms with Gasteiger partial charge in [0.1, 0.15) is 5.65 Å². The van der Waals surface area contributed by atoms with Crippen molar-refractivity contribution >= 4 is 22.5 Å². The summed E-state index contributed by atoms with van der Waals surface area (Å²) in [6, 6.07) is 4.12. The van der Waals surface area contributed by atoms with Gasteiger partial charge in [-0.25, -0.2) is 9.97 Å². The van der Waals surface area contributed by atoms with E-state index in [1.165, 1.54) is 10.9 Å². The van der Waals surface area contributed by atoms with Crippen molar-refractivity contribution in [2.24, 2.45) is 0 Å². The molecular weight excluding hydrogens is 304 g/mol. The third-order valence-corrected chi connectivity index (χ3v) is 4.74. The number of tetrazole rings is 1. The van der Waals surface area contributed by atoms with Crippen LogP contribution in [0.5, 0.6) is 0 Å². The van der Waals surface area contributed by atoms with Gasteiger partial charge in [-0.3, -0.25) is 0 Å². The quantitative estimate of drug-likeness (QED) is 0.606. The second-order valence-corrected chi connectivity index (χ2v) is 6.13. The van der Waals surface area contributed by atoms with Crippen molar-refractivity contribution in [1.82, 2.24) is 35.0 Å². The summed E-state index contributed by atoms with van der Waals surface area (Å²) >= 11 is 0. The predicted octanol–water partition coefficient (Wildman–Crippen LogP) is 1.78. The zero-order valence-electron chi connectivity index (χ0n) is 13.0. The molecule has 1 N–H and O–H groups in total. The van der Waals surface area contributed by atoms with Gasteiger partial charge in [-0.2, -0.15) is 4.52 Å². The highest BCUT2D eigenvalue weighted by Gasteiger charge is 2.26. The summed E-state index contributed by atoms with van der Waals surface area (Å²) in [5.41, 5.74) is 2.99. The molecule has 1 aliphatic heterocycles.